The third-order valence-electron chi connectivity index (χ3n) is 2.50. The lowest BCUT2D eigenvalue weighted by molar-refractivity contribution is -0.142. The van der Waals surface area contributed by atoms with Crippen LogP contribution in [0.5, 0.6) is 0 Å². The summed E-state index contributed by atoms with van der Waals surface area (Å²) in [5.74, 6) is -1.34. The van der Waals surface area contributed by atoms with Crippen LogP contribution >= 0.6 is 0 Å². The Morgan fingerprint density at radius 2 is 1.80 bits per heavy atom. The standard InChI is InChI=1S/C11H21NO3/c1-6-8(11(3,4)5)9(13)12-7(2)10(14)15/h7-8H,6H2,1-5H3,(H,12,13)(H,14,15). The third kappa shape index (κ3) is 4.32. The van der Waals surface area contributed by atoms with E-state index in [0.29, 0.717) is 6.42 Å². The zero-order valence-corrected chi connectivity index (χ0v) is 10.1. The minimum absolute atomic E-state index is 0.142. The lowest BCUT2D eigenvalue weighted by Crippen LogP contribution is -2.44. The molecule has 2 N–H and O–H groups in total. The Kier molecular flexibility index (Phi) is 4.78. The van der Waals surface area contributed by atoms with E-state index < -0.39 is 12.0 Å². The summed E-state index contributed by atoms with van der Waals surface area (Å²) < 4.78 is 0. The van der Waals surface area contributed by atoms with Gasteiger partial charge in [-0.25, -0.2) is 0 Å². The molecule has 1 amide bonds. The second-order valence-electron chi connectivity index (χ2n) is 4.90. The number of aliphatic carboxylic acids is 1. The molecule has 0 rings (SSSR count). The molecule has 0 aromatic rings. The van der Waals surface area contributed by atoms with E-state index in [1.165, 1.54) is 6.92 Å². The van der Waals surface area contributed by atoms with Crippen LogP contribution in [0.4, 0.5) is 0 Å². The van der Waals surface area contributed by atoms with Gasteiger partial charge in [-0.2, -0.15) is 0 Å². The summed E-state index contributed by atoms with van der Waals surface area (Å²) in [6.07, 6.45) is 0.710. The van der Waals surface area contributed by atoms with Gasteiger partial charge in [0.15, 0.2) is 0 Å². The molecule has 0 aromatic carbocycles. The first-order valence-corrected chi connectivity index (χ1v) is 5.23. The van der Waals surface area contributed by atoms with Gasteiger partial charge in [-0.05, 0) is 18.8 Å². The van der Waals surface area contributed by atoms with Gasteiger partial charge in [0, 0.05) is 5.92 Å². The summed E-state index contributed by atoms with van der Waals surface area (Å²) in [7, 11) is 0. The lowest BCUT2D eigenvalue weighted by Gasteiger charge is -2.29. The van der Waals surface area contributed by atoms with Crippen molar-refractivity contribution in [2.24, 2.45) is 11.3 Å². The molecule has 0 spiro atoms. The fraction of sp³-hybridized carbons (Fsp3) is 0.818. The Labute approximate surface area is 91.1 Å². The summed E-state index contributed by atoms with van der Waals surface area (Å²) in [4.78, 5) is 22.3. The number of rotatable bonds is 4. The molecule has 0 aliphatic rings. The van der Waals surface area contributed by atoms with Crippen molar-refractivity contribution >= 4 is 11.9 Å². The van der Waals surface area contributed by atoms with Gasteiger partial charge in [-0.3, -0.25) is 9.59 Å². The molecule has 0 bridgehead atoms. The molecule has 0 aliphatic carbocycles. The van der Waals surface area contributed by atoms with E-state index >= 15 is 0 Å². The molecule has 4 nitrogen and oxygen atoms in total. The van der Waals surface area contributed by atoms with Crippen molar-refractivity contribution in [3.63, 3.8) is 0 Å². The SMILES string of the molecule is CCC(C(=O)NC(C)C(=O)O)C(C)(C)C. The van der Waals surface area contributed by atoms with Gasteiger partial charge in [-0.15, -0.1) is 0 Å². The number of amides is 1. The van der Waals surface area contributed by atoms with Crippen LogP contribution in [0.3, 0.4) is 0 Å². The van der Waals surface area contributed by atoms with Crippen LogP contribution in [-0.2, 0) is 9.59 Å². The molecule has 4 heteroatoms. The van der Waals surface area contributed by atoms with Gasteiger partial charge in [0.1, 0.15) is 6.04 Å². The first kappa shape index (κ1) is 13.9. The van der Waals surface area contributed by atoms with E-state index in [-0.39, 0.29) is 17.2 Å². The maximum Gasteiger partial charge on any atom is 0.325 e. The second kappa shape index (κ2) is 5.14. The van der Waals surface area contributed by atoms with Crippen molar-refractivity contribution in [3.05, 3.63) is 0 Å². The van der Waals surface area contributed by atoms with Gasteiger partial charge in [0.05, 0.1) is 0 Å². The van der Waals surface area contributed by atoms with Crippen molar-refractivity contribution < 1.29 is 14.7 Å². The van der Waals surface area contributed by atoms with Crippen LogP contribution in [0.1, 0.15) is 41.0 Å². The summed E-state index contributed by atoms with van der Waals surface area (Å²) in [6.45, 7) is 9.33. The predicted octanol–water partition coefficient (Wildman–Crippen LogP) is 1.65. The Morgan fingerprint density at radius 3 is 2.07 bits per heavy atom. The highest BCUT2D eigenvalue weighted by Crippen LogP contribution is 2.28. The van der Waals surface area contributed by atoms with E-state index in [2.05, 4.69) is 5.32 Å². The topological polar surface area (TPSA) is 66.4 Å². The molecule has 2 unspecified atom stereocenters. The number of carbonyl (C=O) groups is 2. The predicted molar refractivity (Wildman–Crippen MR) is 58.5 cm³/mol. The average Bonchev–Trinajstić information content (AvgIpc) is 2.01. The zero-order chi connectivity index (χ0) is 12.2. The Hall–Kier alpha value is -1.06. The fourth-order valence-corrected chi connectivity index (χ4v) is 1.57. The Bertz CT molecular complexity index is 243. The normalized spacial score (nSPS) is 15.5. The number of carbonyl (C=O) groups excluding carboxylic acids is 1. The van der Waals surface area contributed by atoms with Crippen LogP contribution in [-0.4, -0.2) is 23.0 Å². The highest BCUT2D eigenvalue weighted by molar-refractivity contribution is 5.85. The first-order valence-electron chi connectivity index (χ1n) is 5.23. The molecule has 0 aliphatic heterocycles. The highest BCUT2D eigenvalue weighted by atomic mass is 16.4. The summed E-state index contributed by atoms with van der Waals surface area (Å²) >= 11 is 0. The van der Waals surface area contributed by atoms with Gasteiger partial charge in [-0.1, -0.05) is 27.7 Å². The van der Waals surface area contributed by atoms with E-state index in [0.717, 1.165) is 0 Å². The van der Waals surface area contributed by atoms with Crippen molar-refractivity contribution in [2.45, 2.75) is 47.1 Å². The smallest absolute Gasteiger partial charge is 0.325 e. The van der Waals surface area contributed by atoms with Crippen molar-refractivity contribution in [1.82, 2.24) is 5.32 Å². The molecule has 2 atom stereocenters. The number of hydrogen-bond acceptors (Lipinski definition) is 2. The summed E-state index contributed by atoms with van der Waals surface area (Å²) in [5, 5.41) is 11.2. The Morgan fingerprint density at radius 1 is 1.33 bits per heavy atom. The molecule has 0 saturated heterocycles. The third-order valence-corrected chi connectivity index (χ3v) is 2.50. The molecule has 0 heterocycles. The monoisotopic (exact) mass is 215 g/mol. The van der Waals surface area contributed by atoms with Gasteiger partial charge < -0.3 is 10.4 Å². The van der Waals surface area contributed by atoms with Crippen LogP contribution in [0.2, 0.25) is 0 Å². The molecule has 0 radical (unpaired) electrons. The number of carboxylic acids is 1. The minimum Gasteiger partial charge on any atom is -0.480 e. The number of nitrogens with one attached hydrogen (secondary N) is 1. The second-order valence-corrected chi connectivity index (χ2v) is 4.90. The van der Waals surface area contributed by atoms with Gasteiger partial charge in [0.2, 0.25) is 5.91 Å². The summed E-state index contributed by atoms with van der Waals surface area (Å²) in [5.41, 5.74) is -0.142. The van der Waals surface area contributed by atoms with Crippen LogP contribution in [0, 0.1) is 11.3 Å². The zero-order valence-electron chi connectivity index (χ0n) is 10.1. The lowest BCUT2D eigenvalue weighted by atomic mass is 9.78. The first-order chi connectivity index (χ1) is 6.70. The van der Waals surface area contributed by atoms with Crippen molar-refractivity contribution in [2.75, 3.05) is 0 Å². The molecule has 88 valence electrons. The van der Waals surface area contributed by atoms with Gasteiger partial charge in [0.25, 0.3) is 0 Å². The highest BCUT2D eigenvalue weighted by Gasteiger charge is 2.30. The van der Waals surface area contributed by atoms with Crippen LogP contribution < -0.4 is 5.32 Å². The van der Waals surface area contributed by atoms with Crippen molar-refractivity contribution in [3.8, 4) is 0 Å². The average molecular weight is 215 g/mol. The van der Waals surface area contributed by atoms with Crippen LogP contribution in [0.25, 0.3) is 0 Å². The largest absolute Gasteiger partial charge is 0.480 e. The summed E-state index contributed by atoms with van der Waals surface area (Å²) in [6, 6.07) is -0.825. The maximum atomic E-state index is 11.8. The fourth-order valence-electron chi connectivity index (χ4n) is 1.57. The van der Waals surface area contributed by atoms with E-state index in [4.69, 9.17) is 5.11 Å². The molecular weight excluding hydrogens is 194 g/mol. The van der Waals surface area contributed by atoms with E-state index in [1.54, 1.807) is 0 Å². The maximum absolute atomic E-state index is 11.8. The van der Waals surface area contributed by atoms with E-state index in [9.17, 15) is 9.59 Å². The Balaban J connectivity index is 4.49. The minimum atomic E-state index is -1.01. The molecule has 0 fully saturated rings. The molecular formula is C11H21NO3. The van der Waals surface area contributed by atoms with Crippen LogP contribution in [0.15, 0.2) is 0 Å². The molecule has 0 aromatic heterocycles. The number of carboxylic acid groups (broad SMARTS) is 1. The number of hydrogen-bond donors (Lipinski definition) is 2. The molecule has 15 heavy (non-hydrogen) atoms. The van der Waals surface area contributed by atoms with Crippen molar-refractivity contribution in [1.29, 1.82) is 0 Å². The molecule has 0 saturated carbocycles. The van der Waals surface area contributed by atoms with E-state index in [1.807, 2.05) is 27.7 Å². The quantitative estimate of drug-likeness (QED) is 0.749. The van der Waals surface area contributed by atoms with Gasteiger partial charge >= 0.3 is 5.97 Å².